The minimum absolute atomic E-state index is 0.187. The molecule has 0 aliphatic rings. The van der Waals surface area contributed by atoms with E-state index in [-0.39, 0.29) is 5.54 Å². The maximum atomic E-state index is 3.23. The van der Waals surface area contributed by atoms with Crippen LogP contribution < -0.4 is 10.9 Å². The highest BCUT2D eigenvalue weighted by atomic mass is 15.4. The summed E-state index contributed by atoms with van der Waals surface area (Å²) in [6.45, 7) is 9.75. The first-order chi connectivity index (χ1) is 5.06. The zero-order valence-electron chi connectivity index (χ0n) is 8.33. The molecule has 0 saturated carbocycles. The molecule has 0 rings (SSSR count). The quantitative estimate of drug-likeness (QED) is 0.473. The molecule has 11 heavy (non-hydrogen) atoms. The molecule has 0 radical (unpaired) electrons. The van der Waals surface area contributed by atoms with Gasteiger partial charge in [0, 0.05) is 12.1 Å². The van der Waals surface area contributed by atoms with E-state index in [9.17, 15) is 0 Å². The van der Waals surface area contributed by atoms with Crippen LogP contribution in [0, 0.1) is 0 Å². The Morgan fingerprint density at radius 2 is 1.73 bits per heavy atom. The molecule has 0 aliphatic carbocycles. The van der Waals surface area contributed by atoms with Crippen LogP contribution in [0.5, 0.6) is 0 Å². The van der Waals surface area contributed by atoms with Crippen molar-refractivity contribution in [2.45, 2.75) is 52.5 Å². The van der Waals surface area contributed by atoms with E-state index in [0.29, 0.717) is 0 Å². The van der Waals surface area contributed by atoms with E-state index in [1.807, 2.05) is 0 Å². The largest absolute Gasteiger partial charge is 0.257 e. The first kappa shape index (κ1) is 10.9. The second-order valence-electron chi connectivity index (χ2n) is 4.01. The topological polar surface area (TPSA) is 24.1 Å². The van der Waals surface area contributed by atoms with Crippen LogP contribution in [0.2, 0.25) is 0 Å². The van der Waals surface area contributed by atoms with E-state index >= 15 is 0 Å². The summed E-state index contributed by atoms with van der Waals surface area (Å²) in [6, 6.07) is 0. The van der Waals surface area contributed by atoms with Crippen LogP contribution in [0.4, 0.5) is 0 Å². The van der Waals surface area contributed by atoms with Crippen molar-refractivity contribution in [1.29, 1.82) is 0 Å². The maximum Gasteiger partial charge on any atom is 0.0239 e. The van der Waals surface area contributed by atoms with Gasteiger partial charge >= 0.3 is 0 Å². The third-order valence-electron chi connectivity index (χ3n) is 1.37. The van der Waals surface area contributed by atoms with Gasteiger partial charge in [-0.25, -0.2) is 0 Å². The van der Waals surface area contributed by atoms with E-state index in [0.717, 1.165) is 6.54 Å². The van der Waals surface area contributed by atoms with Crippen molar-refractivity contribution in [1.82, 2.24) is 10.9 Å². The molecule has 0 atom stereocenters. The Balaban J connectivity index is 3.02. The Hall–Kier alpha value is -0.0800. The minimum atomic E-state index is 0.187. The lowest BCUT2D eigenvalue weighted by atomic mass is 10.1. The fourth-order valence-corrected chi connectivity index (χ4v) is 0.791. The summed E-state index contributed by atoms with van der Waals surface area (Å²) in [5, 5.41) is 0. The highest BCUT2D eigenvalue weighted by molar-refractivity contribution is 4.66. The van der Waals surface area contributed by atoms with Gasteiger partial charge in [0.1, 0.15) is 0 Å². The van der Waals surface area contributed by atoms with E-state index in [2.05, 4.69) is 38.5 Å². The van der Waals surface area contributed by atoms with E-state index in [4.69, 9.17) is 0 Å². The second-order valence-corrected chi connectivity index (χ2v) is 4.01. The molecule has 0 bridgehead atoms. The van der Waals surface area contributed by atoms with Crippen LogP contribution in [0.3, 0.4) is 0 Å². The third kappa shape index (κ3) is 9.92. The van der Waals surface area contributed by atoms with Crippen molar-refractivity contribution in [2.24, 2.45) is 0 Å². The molecule has 2 N–H and O–H groups in total. The lowest BCUT2D eigenvalue weighted by Gasteiger charge is -2.20. The normalized spacial score (nSPS) is 12.0. The smallest absolute Gasteiger partial charge is 0.0239 e. The van der Waals surface area contributed by atoms with Crippen molar-refractivity contribution in [3.8, 4) is 0 Å². The molecule has 0 spiro atoms. The molecule has 68 valence electrons. The minimum Gasteiger partial charge on any atom is -0.257 e. The fourth-order valence-electron chi connectivity index (χ4n) is 0.791. The monoisotopic (exact) mass is 158 g/mol. The molecule has 2 nitrogen and oxygen atoms in total. The molecule has 0 fully saturated rings. The van der Waals surface area contributed by atoms with Gasteiger partial charge in [-0.05, 0) is 27.2 Å². The number of unbranched alkanes of at least 4 members (excludes halogenated alkanes) is 2. The number of rotatable bonds is 5. The zero-order valence-corrected chi connectivity index (χ0v) is 8.33. The lowest BCUT2D eigenvalue weighted by molar-refractivity contribution is 0.354. The molecule has 0 aromatic rings. The van der Waals surface area contributed by atoms with Crippen LogP contribution in [0.15, 0.2) is 0 Å². The Labute approximate surface area is 70.7 Å². The molecule has 0 aromatic carbocycles. The number of hydrazine groups is 1. The van der Waals surface area contributed by atoms with Gasteiger partial charge in [0.2, 0.25) is 0 Å². The second kappa shape index (κ2) is 5.56. The van der Waals surface area contributed by atoms with Crippen LogP contribution >= 0.6 is 0 Å². The van der Waals surface area contributed by atoms with Gasteiger partial charge in [-0.2, -0.15) is 0 Å². The predicted octanol–water partition coefficient (Wildman–Crippen LogP) is 2.07. The van der Waals surface area contributed by atoms with Crippen LogP contribution in [-0.2, 0) is 0 Å². The van der Waals surface area contributed by atoms with E-state index in [1.165, 1.54) is 19.3 Å². The van der Waals surface area contributed by atoms with Gasteiger partial charge in [0.25, 0.3) is 0 Å². The van der Waals surface area contributed by atoms with Crippen molar-refractivity contribution in [3.05, 3.63) is 0 Å². The molecule has 0 saturated heterocycles. The van der Waals surface area contributed by atoms with Gasteiger partial charge in [0.05, 0.1) is 0 Å². The van der Waals surface area contributed by atoms with Gasteiger partial charge in [-0.3, -0.25) is 10.9 Å². The summed E-state index contributed by atoms with van der Waals surface area (Å²) in [5.41, 5.74) is 6.63. The summed E-state index contributed by atoms with van der Waals surface area (Å²) in [5.74, 6) is 0. The van der Waals surface area contributed by atoms with Gasteiger partial charge in [-0.1, -0.05) is 19.8 Å². The first-order valence-electron chi connectivity index (χ1n) is 4.56. The van der Waals surface area contributed by atoms with Gasteiger partial charge in [-0.15, -0.1) is 0 Å². The first-order valence-corrected chi connectivity index (χ1v) is 4.56. The molecule has 0 aromatic heterocycles. The standard InChI is InChI=1S/C9H22N2/c1-5-6-7-8-10-11-9(2,3)4/h10-11H,5-8H2,1-4H3. The zero-order chi connectivity index (χ0) is 8.74. The van der Waals surface area contributed by atoms with Crippen molar-refractivity contribution < 1.29 is 0 Å². The van der Waals surface area contributed by atoms with Crippen molar-refractivity contribution in [3.63, 3.8) is 0 Å². The molecule has 0 heterocycles. The Morgan fingerprint density at radius 1 is 1.09 bits per heavy atom. The Morgan fingerprint density at radius 3 is 2.18 bits per heavy atom. The molecule has 0 aliphatic heterocycles. The van der Waals surface area contributed by atoms with Crippen LogP contribution in [0.25, 0.3) is 0 Å². The summed E-state index contributed by atoms with van der Waals surface area (Å²) >= 11 is 0. The molecule has 0 unspecified atom stereocenters. The Kier molecular flexibility index (Phi) is 5.51. The maximum absolute atomic E-state index is 3.23. The van der Waals surface area contributed by atoms with Crippen molar-refractivity contribution >= 4 is 0 Å². The molecule has 0 amide bonds. The van der Waals surface area contributed by atoms with E-state index in [1.54, 1.807) is 0 Å². The van der Waals surface area contributed by atoms with Crippen LogP contribution in [-0.4, -0.2) is 12.1 Å². The number of nitrogens with one attached hydrogen (secondary N) is 2. The molecule has 2 heteroatoms. The SMILES string of the molecule is CCCCCNNC(C)(C)C. The summed E-state index contributed by atoms with van der Waals surface area (Å²) in [7, 11) is 0. The summed E-state index contributed by atoms with van der Waals surface area (Å²) in [6.07, 6.45) is 3.87. The van der Waals surface area contributed by atoms with E-state index < -0.39 is 0 Å². The number of hydrogen-bond acceptors (Lipinski definition) is 2. The Bertz CT molecular complexity index is 84.1. The predicted molar refractivity (Wildman–Crippen MR) is 50.4 cm³/mol. The third-order valence-corrected chi connectivity index (χ3v) is 1.37. The van der Waals surface area contributed by atoms with Crippen LogP contribution in [0.1, 0.15) is 47.0 Å². The molecular formula is C9H22N2. The summed E-state index contributed by atoms with van der Waals surface area (Å²) < 4.78 is 0. The van der Waals surface area contributed by atoms with Crippen molar-refractivity contribution in [2.75, 3.05) is 6.54 Å². The fraction of sp³-hybridized carbons (Fsp3) is 1.00. The number of hydrogen-bond donors (Lipinski definition) is 2. The highest BCUT2D eigenvalue weighted by Gasteiger charge is 2.06. The average molecular weight is 158 g/mol. The van der Waals surface area contributed by atoms with Gasteiger partial charge in [0.15, 0.2) is 0 Å². The molecular weight excluding hydrogens is 136 g/mol. The average Bonchev–Trinajstić information content (AvgIpc) is 1.85. The summed E-state index contributed by atoms with van der Waals surface area (Å²) in [4.78, 5) is 0. The lowest BCUT2D eigenvalue weighted by Crippen LogP contribution is -2.46. The highest BCUT2D eigenvalue weighted by Crippen LogP contribution is 1.96. The van der Waals surface area contributed by atoms with Gasteiger partial charge < -0.3 is 0 Å².